The fraction of sp³-hybridized carbons (Fsp3) is 0.200. The van der Waals surface area contributed by atoms with E-state index in [1.54, 1.807) is 20.8 Å². The third-order valence-corrected chi connectivity index (χ3v) is 15.3. The second-order valence-electron chi connectivity index (χ2n) is 23.2. The number of carbonyl (C=O) groups excluding carboxylic acids is 16. The van der Waals surface area contributed by atoms with E-state index in [2.05, 4.69) is 41.3 Å². The summed E-state index contributed by atoms with van der Waals surface area (Å²) in [5.74, 6) is -3.39. The smallest absolute Gasteiger partial charge is 0.226 e. The molecule has 8 aliphatic rings. The van der Waals surface area contributed by atoms with E-state index in [0.29, 0.717) is 48.0 Å². The minimum atomic E-state index is -0.497. The molecule has 0 aliphatic heterocycles. The van der Waals surface area contributed by atoms with Crippen LogP contribution in [0.1, 0.15) is 73.4 Å². The number of halogens is 4. The molecule has 2 N–H and O–H groups in total. The number of rotatable bonds is 6. The number of Topliss-reactive ketones (excluding diaryl/α,β-unsaturated/α-hetero) is 4. The first-order chi connectivity index (χ1) is 46.2. The lowest BCUT2D eigenvalue weighted by Crippen LogP contribution is -2.29. The van der Waals surface area contributed by atoms with Crippen molar-refractivity contribution in [3.05, 3.63) is 245 Å². The lowest BCUT2D eigenvalue weighted by Gasteiger charge is -2.30. The van der Waals surface area contributed by atoms with Crippen LogP contribution in [0.2, 0.25) is 0 Å². The van der Waals surface area contributed by atoms with E-state index < -0.39 is 24.8 Å². The molecule has 99 heavy (non-hydrogen) atoms. The van der Waals surface area contributed by atoms with Crippen LogP contribution in [0, 0.1) is 10.8 Å². The van der Waals surface area contributed by atoms with Crippen molar-refractivity contribution in [1.82, 2.24) is 0 Å². The molecule has 0 fully saturated rings. The van der Waals surface area contributed by atoms with Gasteiger partial charge in [-0.3, -0.25) is 76.7 Å². The van der Waals surface area contributed by atoms with Crippen molar-refractivity contribution in [3.8, 4) is 0 Å². The van der Waals surface area contributed by atoms with Crippen molar-refractivity contribution in [2.24, 2.45) is 10.8 Å². The zero-order valence-electron chi connectivity index (χ0n) is 55.3. The highest BCUT2D eigenvalue weighted by Gasteiger charge is 2.35. The number of aliphatic hydroxyl groups is 2. The first kappa shape index (κ1) is 83.3. The van der Waals surface area contributed by atoms with E-state index in [-0.39, 0.29) is 125 Å². The van der Waals surface area contributed by atoms with E-state index in [1.807, 2.05) is 102 Å². The van der Waals surface area contributed by atoms with Crippen molar-refractivity contribution in [2.75, 3.05) is 27.4 Å². The molecule has 0 saturated heterocycles. The van der Waals surface area contributed by atoms with Crippen LogP contribution in [0.4, 0.5) is 0 Å². The standard InChI is InChI=1S/C18H12O2.C14H20O2.2C8H8O4.C8H8O2.C7H5BrO2.C6H3BrO2.C6H2Cl2O2/c19-17-12-16(14-9-5-2-6-10-14)18(20)11-15(17)13-7-3-1-4-8-13;1-13(2,3)10-7-9(15)8-11(12(10)16)14(4,5)6;1-12-8-3-6(10)5(4-9)2-7(8)11;1-12-7-3-6(10)2-5(4-9)8(7)11;1-5-3-7(9)4-6(2)8(5)10;1-4-2-7(10)5(8)3-6(4)9;7-5-3-4(8)1-2-6(5)9;7-4-1-3(9)2-5(8)6(4)10/h1-12H;7-8H,1-6H3;2*2-3,9H,4H2,1H3;3-4H,1-2H3;2-3H,1H3;1-3H;1-2H. The minimum absolute atomic E-state index is 0.0113. The molecule has 2 aromatic carbocycles. The SMILES string of the molecule is CC(C)(C)C1=CC(=O)C=C(C(C)(C)C)C1=O.CC1=CC(=O)C(Br)=CC1=O.CC1=CC(=O)C=C(C)C1=O.COC1=CC(=O)C(CO)=CC1=O.COC1=CC(=O)C=C(CO)C1=O.O=C1C=C(Cl)C(=O)C(Cl)=C1.O=C1C=C(c2ccccc2)C(=O)C=C1c1ccccc1.O=C1C=CC(=O)C(Br)=C1. The molecule has 0 unspecified atom stereocenters. The van der Waals surface area contributed by atoms with Crippen molar-refractivity contribution in [1.29, 1.82) is 0 Å². The van der Waals surface area contributed by atoms with Gasteiger partial charge in [0, 0.05) is 86.6 Å². The molecule has 514 valence electrons. The summed E-state index contributed by atoms with van der Waals surface area (Å²) in [7, 11) is 2.62. The van der Waals surface area contributed by atoms with E-state index in [1.165, 1.54) is 81.1 Å². The summed E-state index contributed by atoms with van der Waals surface area (Å²) in [6.07, 6.45) is 21.3. The Bertz CT molecular complexity index is 4020. The molecule has 2 aromatic rings. The number of hydrogen-bond donors (Lipinski definition) is 2. The molecule has 0 aromatic heterocycles. The Hall–Kier alpha value is -9.94. The van der Waals surface area contributed by atoms with Gasteiger partial charge in [0.25, 0.3) is 0 Å². The lowest BCUT2D eigenvalue weighted by atomic mass is 9.72. The normalized spacial score (nSPS) is 17.4. The summed E-state index contributed by atoms with van der Waals surface area (Å²) in [5.41, 5.74) is 4.85. The molecule has 24 heteroatoms. The molecule has 20 nitrogen and oxygen atoms in total. The average molecular weight is 1520 g/mol. The van der Waals surface area contributed by atoms with Crippen molar-refractivity contribution in [3.63, 3.8) is 0 Å². The average Bonchev–Trinajstić information content (AvgIpc) is 0.786. The Morgan fingerprint density at radius 3 is 1.18 bits per heavy atom. The summed E-state index contributed by atoms with van der Waals surface area (Å²) >= 11 is 16.5. The monoisotopic (exact) mass is 1510 g/mol. The summed E-state index contributed by atoms with van der Waals surface area (Å²) in [6, 6.07) is 18.5. The number of carbonyl (C=O) groups is 16. The summed E-state index contributed by atoms with van der Waals surface area (Å²) in [5, 5.41) is 17.0. The first-order valence-corrected chi connectivity index (χ1v) is 31.6. The Kier molecular flexibility index (Phi) is 32.2. The third-order valence-electron chi connectivity index (χ3n) is 13.5. The first-order valence-electron chi connectivity index (χ1n) is 29.2. The van der Waals surface area contributed by atoms with Crippen LogP contribution in [0.5, 0.6) is 0 Å². The third kappa shape index (κ3) is 25.8. The number of benzene rings is 2. The van der Waals surface area contributed by atoms with Crippen molar-refractivity contribution in [2.45, 2.75) is 62.3 Å². The topological polar surface area (TPSA) is 332 Å². The molecule has 0 spiro atoms. The maximum Gasteiger partial charge on any atom is 0.226 e. The van der Waals surface area contributed by atoms with Crippen LogP contribution < -0.4 is 0 Å². The second-order valence-corrected chi connectivity index (χ2v) is 25.7. The molecule has 0 bridgehead atoms. The zero-order valence-corrected chi connectivity index (χ0v) is 59.9. The molecule has 8 aliphatic carbocycles. The Balaban J connectivity index is 0.000000299. The number of hydrogen-bond acceptors (Lipinski definition) is 20. The highest BCUT2D eigenvalue weighted by Crippen LogP contribution is 2.37. The van der Waals surface area contributed by atoms with Gasteiger partial charge in [0.2, 0.25) is 17.3 Å². The van der Waals surface area contributed by atoms with Crippen LogP contribution in [0.3, 0.4) is 0 Å². The number of aliphatic hydroxyl groups excluding tert-OH is 2. The van der Waals surface area contributed by atoms with Gasteiger partial charge in [0.15, 0.2) is 86.7 Å². The summed E-state index contributed by atoms with van der Waals surface area (Å²) < 4.78 is 9.94. The summed E-state index contributed by atoms with van der Waals surface area (Å²) in [4.78, 5) is 178. The molecule has 0 atom stereocenters. The van der Waals surface area contributed by atoms with E-state index in [4.69, 9.17) is 33.4 Å². The number of methoxy groups -OCH3 is 2. The highest BCUT2D eigenvalue weighted by molar-refractivity contribution is 9.12. The van der Waals surface area contributed by atoms with Crippen LogP contribution in [0.25, 0.3) is 11.1 Å². The van der Waals surface area contributed by atoms with Gasteiger partial charge in [-0.05, 0) is 141 Å². The van der Waals surface area contributed by atoms with Crippen LogP contribution in [-0.2, 0) is 86.2 Å². The largest absolute Gasteiger partial charge is 0.493 e. The molecular weight excluding hydrogens is 1450 g/mol. The fourth-order valence-electron chi connectivity index (χ4n) is 8.30. The van der Waals surface area contributed by atoms with Gasteiger partial charge in [-0.1, -0.05) is 125 Å². The highest BCUT2D eigenvalue weighted by atomic mass is 79.9. The van der Waals surface area contributed by atoms with E-state index >= 15 is 0 Å². The Labute approximate surface area is 596 Å². The van der Waals surface area contributed by atoms with Gasteiger partial charge >= 0.3 is 0 Å². The zero-order chi connectivity index (χ0) is 75.0. The summed E-state index contributed by atoms with van der Waals surface area (Å²) in [6.45, 7) is 15.8. The van der Waals surface area contributed by atoms with Crippen LogP contribution in [-0.4, -0.2) is 130 Å². The van der Waals surface area contributed by atoms with Crippen LogP contribution >= 0.6 is 55.1 Å². The van der Waals surface area contributed by atoms with Gasteiger partial charge in [-0.15, -0.1) is 0 Å². The quantitative estimate of drug-likeness (QED) is 0.254. The maximum atomic E-state index is 12.3. The predicted octanol–water partition coefficient (Wildman–Crippen LogP) is 10.3. The lowest BCUT2D eigenvalue weighted by molar-refractivity contribution is -0.118. The minimum Gasteiger partial charge on any atom is -0.493 e. The van der Waals surface area contributed by atoms with Crippen molar-refractivity contribution >= 4 is 159 Å². The number of allylic oxidation sites excluding steroid dienone is 29. The maximum absolute atomic E-state index is 12.3. The van der Waals surface area contributed by atoms with Gasteiger partial charge in [0.05, 0.1) is 46.5 Å². The fourth-order valence-corrected chi connectivity index (χ4v) is 9.44. The number of ether oxygens (including phenoxy) is 2. The molecule has 10 rings (SSSR count). The molecular formula is C75H66Br2Cl2O20. The van der Waals surface area contributed by atoms with Crippen molar-refractivity contribution < 1.29 is 96.4 Å². The Morgan fingerprint density at radius 1 is 0.354 bits per heavy atom. The van der Waals surface area contributed by atoms with Gasteiger partial charge in [0.1, 0.15) is 0 Å². The molecule has 0 amide bonds. The molecule has 0 radical (unpaired) electrons. The van der Waals surface area contributed by atoms with E-state index in [0.717, 1.165) is 47.6 Å². The van der Waals surface area contributed by atoms with Gasteiger partial charge < -0.3 is 19.7 Å². The van der Waals surface area contributed by atoms with Crippen LogP contribution in [0.15, 0.2) is 234 Å². The second kappa shape index (κ2) is 38.3. The predicted molar refractivity (Wildman–Crippen MR) is 377 cm³/mol. The van der Waals surface area contributed by atoms with Gasteiger partial charge in [-0.2, -0.15) is 0 Å². The van der Waals surface area contributed by atoms with Gasteiger partial charge in [-0.25, -0.2) is 0 Å². The van der Waals surface area contributed by atoms with E-state index in [9.17, 15) is 76.7 Å². The molecule has 0 saturated carbocycles. The Morgan fingerprint density at radius 2 is 0.778 bits per heavy atom. The molecule has 0 heterocycles. The number of ketones is 16.